The summed E-state index contributed by atoms with van der Waals surface area (Å²) in [7, 11) is 0. The summed E-state index contributed by atoms with van der Waals surface area (Å²) in [6.45, 7) is 2.58. The summed E-state index contributed by atoms with van der Waals surface area (Å²) in [5, 5.41) is 15.6. The highest BCUT2D eigenvalue weighted by molar-refractivity contribution is 7.99. The zero-order valence-electron chi connectivity index (χ0n) is 17.2. The lowest BCUT2D eigenvalue weighted by Gasteiger charge is -2.27. The van der Waals surface area contributed by atoms with Crippen LogP contribution in [0.1, 0.15) is 5.56 Å². The quantitative estimate of drug-likeness (QED) is 0.527. The number of ether oxygens (including phenoxy) is 1. The molecule has 0 bridgehead atoms. The Hall–Kier alpha value is -3.68. The molecule has 1 amide bonds. The second-order valence-corrected chi connectivity index (χ2v) is 7.77. The predicted molar refractivity (Wildman–Crippen MR) is 123 cm³/mol. The number of hydrogen-bond donors (Lipinski definition) is 2. The zero-order chi connectivity index (χ0) is 22.2. The van der Waals surface area contributed by atoms with Crippen molar-refractivity contribution in [2.24, 2.45) is 0 Å². The van der Waals surface area contributed by atoms with E-state index in [9.17, 15) is 10.1 Å². The minimum Gasteiger partial charge on any atom is -0.378 e. The van der Waals surface area contributed by atoms with Crippen LogP contribution in [0.25, 0.3) is 0 Å². The third-order valence-corrected chi connectivity index (χ3v) is 5.43. The topological polar surface area (TPSA) is 116 Å². The largest absolute Gasteiger partial charge is 0.378 e. The zero-order valence-corrected chi connectivity index (χ0v) is 18.0. The first-order valence-corrected chi connectivity index (χ1v) is 11.0. The third-order valence-electron chi connectivity index (χ3n) is 4.58. The van der Waals surface area contributed by atoms with E-state index in [1.54, 1.807) is 24.3 Å². The van der Waals surface area contributed by atoms with Crippen molar-refractivity contribution in [1.82, 2.24) is 15.0 Å². The van der Waals surface area contributed by atoms with E-state index in [0.717, 1.165) is 5.69 Å². The summed E-state index contributed by atoms with van der Waals surface area (Å²) in [6.07, 6.45) is 0. The fourth-order valence-corrected chi connectivity index (χ4v) is 3.66. The molecule has 1 saturated heterocycles. The number of amides is 1. The highest BCUT2D eigenvalue weighted by Crippen LogP contribution is 2.22. The van der Waals surface area contributed by atoms with Crippen molar-refractivity contribution >= 4 is 40.9 Å². The molecule has 9 nitrogen and oxygen atoms in total. The number of aromatic nitrogens is 3. The number of nitrogens with one attached hydrogen (secondary N) is 2. The van der Waals surface area contributed by atoms with Crippen LogP contribution in [0.3, 0.4) is 0 Å². The van der Waals surface area contributed by atoms with Crippen molar-refractivity contribution in [3.05, 3.63) is 60.2 Å². The highest BCUT2D eigenvalue weighted by Gasteiger charge is 2.18. The lowest BCUT2D eigenvalue weighted by Crippen LogP contribution is -2.37. The summed E-state index contributed by atoms with van der Waals surface area (Å²) in [5.41, 5.74) is 1.75. The van der Waals surface area contributed by atoms with Gasteiger partial charge in [-0.25, -0.2) is 0 Å². The molecule has 1 aliphatic rings. The Bertz CT molecular complexity index is 1110. The molecule has 0 radical (unpaired) electrons. The van der Waals surface area contributed by atoms with Gasteiger partial charge in [-0.1, -0.05) is 42.1 Å². The standard InChI is InChI=1S/C22H21N7O2S/c23-14-16-6-4-5-9-18(16)25-19(30)15-32-22-27-20(24-17-7-2-1-3-8-17)26-21(28-22)29-10-12-31-13-11-29/h1-9H,10-13,15H2,(H,25,30)(H,24,26,27,28). The van der Waals surface area contributed by atoms with Crippen LogP contribution in [0, 0.1) is 11.3 Å². The van der Waals surface area contributed by atoms with Crippen molar-refractivity contribution in [2.45, 2.75) is 5.16 Å². The first-order chi connectivity index (χ1) is 15.7. The molecule has 0 unspecified atom stereocenters. The van der Waals surface area contributed by atoms with E-state index in [1.807, 2.05) is 35.2 Å². The molecule has 162 valence electrons. The van der Waals surface area contributed by atoms with Gasteiger partial charge in [0, 0.05) is 18.8 Å². The number of thioether (sulfide) groups is 1. The lowest BCUT2D eigenvalue weighted by molar-refractivity contribution is -0.113. The van der Waals surface area contributed by atoms with Crippen molar-refractivity contribution in [1.29, 1.82) is 5.26 Å². The van der Waals surface area contributed by atoms with Crippen molar-refractivity contribution < 1.29 is 9.53 Å². The van der Waals surface area contributed by atoms with Gasteiger partial charge in [0.2, 0.25) is 17.8 Å². The molecule has 32 heavy (non-hydrogen) atoms. The average Bonchev–Trinajstić information content (AvgIpc) is 2.84. The van der Waals surface area contributed by atoms with E-state index < -0.39 is 0 Å². The first-order valence-electron chi connectivity index (χ1n) is 10.0. The lowest BCUT2D eigenvalue weighted by atomic mass is 10.2. The number of nitriles is 1. The minimum atomic E-state index is -0.247. The average molecular weight is 448 g/mol. The molecule has 1 fully saturated rings. The Labute approximate surface area is 189 Å². The molecule has 10 heteroatoms. The van der Waals surface area contributed by atoms with Gasteiger partial charge in [0.15, 0.2) is 5.16 Å². The Morgan fingerprint density at radius 3 is 2.59 bits per heavy atom. The number of para-hydroxylation sites is 2. The predicted octanol–water partition coefficient (Wildman–Crippen LogP) is 3.05. The van der Waals surface area contributed by atoms with E-state index in [2.05, 4.69) is 31.7 Å². The maximum Gasteiger partial charge on any atom is 0.234 e. The van der Waals surface area contributed by atoms with Crippen LogP contribution in [0.4, 0.5) is 23.3 Å². The summed E-state index contributed by atoms with van der Waals surface area (Å²) in [4.78, 5) is 28.1. The van der Waals surface area contributed by atoms with Gasteiger partial charge in [-0.2, -0.15) is 20.2 Å². The van der Waals surface area contributed by atoms with Crippen LogP contribution in [0.5, 0.6) is 0 Å². The van der Waals surface area contributed by atoms with Gasteiger partial charge in [-0.3, -0.25) is 4.79 Å². The number of carbonyl (C=O) groups is 1. The second-order valence-electron chi connectivity index (χ2n) is 6.83. The van der Waals surface area contributed by atoms with Gasteiger partial charge < -0.3 is 20.3 Å². The van der Waals surface area contributed by atoms with Crippen LogP contribution < -0.4 is 15.5 Å². The van der Waals surface area contributed by atoms with Crippen molar-refractivity contribution in [2.75, 3.05) is 47.6 Å². The van der Waals surface area contributed by atoms with Crippen LogP contribution in [-0.2, 0) is 9.53 Å². The summed E-state index contributed by atoms with van der Waals surface area (Å²) >= 11 is 1.21. The van der Waals surface area contributed by atoms with E-state index in [1.165, 1.54) is 11.8 Å². The number of hydrogen-bond acceptors (Lipinski definition) is 9. The molecule has 1 aromatic heterocycles. The Balaban J connectivity index is 1.49. The monoisotopic (exact) mass is 447 g/mol. The third kappa shape index (κ3) is 5.72. The number of nitrogens with zero attached hydrogens (tertiary/aromatic N) is 5. The van der Waals surface area contributed by atoms with Gasteiger partial charge in [-0.05, 0) is 24.3 Å². The second kappa shape index (κ2) is 10.6. The maximum atomic E-state index is 12.5. The fourth-order valence-electron chi connectivity index (χ4n) is 3.03. The number of anilines is 4. The fraction of sp³-hybridized carbons (Fsp3) is 0.227. The van der Waals surface area contributed by atoms with Crippen LogP contribution >= 0.6 is 11.8 Å². The molecule has 0 saturated carbocycles. The molecule has 4 rings (SSSR count). The molecule has 2 heterocycles. The van der Waals surface area contributed by atoms with E-state index in [4.69, 9.17) is 4.74 Å². The number of benzene rings is 2. The van der Waals surface area contributed by atoms with Crippen LogP contribution in [0.15, 0.2) is 59.8 Å². The molecule has 0 atom stereocenters. The Kier molecular flexibility index (Phi) is 7.12. The van der Waals surface area contributed by atoms with E-state index >= 15 is 0 Å². The number of rotatable bonds is 7. The molecule has 3 aromatic rings. The van der Waals surface area contributed by atoms with Gasteiger partial charge in [0.25, 0.3) is 0 Å². The van der Waals surface area contributed by atoms with Gasteiger partial charge >= 0.3 is 0 Å². The molecular weight excluding hydrogens is 426 g/mol. The minimum absolute atomic E-state index is 0.0943. The van der Waals surface area contributed by atoms with Gasteiger partial charge in [0.1, 0.15) is 6.07 Å². The number of carbonyl (C=O) groups excluding carboxylic acids is 1. The maximum absolute atomic E-state index is 12.5. The molecule has 0 spiro atoms. The van der Waals surface area contributed by atoms with Gasteiger partial charge in [-0.15, -0.1) is 0 Å². The Morgan fingerprint density at radius 2 is 1.81 bits per heavy atom. The molecule has 2 N–H and O–H groups in total. The normalized spacial score (nSPS) is 13.3. The SMILES string of the molecule is N#Cc1ccccc1NC(=O)CSc1nc(Nc2ccccc2)nc(N2CCOCC2)n1. The first kappa shape index (κ1) is 21.5. The Morgan fingerprint density at radius 1 is 1.06 bits per heavy atom. The van der Waals surface area contributed by atoms with E-state index in [-0.39, 0.29) is 11.7 Å². The van der Waals surface area contributed by atoms with Gasteiger partial charge in [0.05, 0.1) is 30.2 Å². The highest BCUT2D eigenvalue weighted by atomic mass is 32.2. The molecule has 0 aliphatic carbocycles. The van der Waals surface area contributed by atoms with E-state index in [0.29, 0.717) is 54.6 Å². The summed E-state index contributed by atoms with van der Waals surface area (Å²) in [6, 6.07) is 18.6. The number of morpholine rings is 1. The molecular formula is C22H21N7O2S. The summed E-state index contributed by atoms with van der Waals surface area (Å²) in [5.74, 6) is 0.797. The molecule has 1 aliphatic heterocycles. The van der Waals surface area contributed by atoms with Crippen LogP contribution in [-0.4, -0.2) is 52.9 Å². The smallest absolute Gasteiger partial charge is 0.234 e. The van der Waals surface area contributed by atoms with Crippen LogP contribution in [0.2, 0.25) is 0 Å². The molecule has 2 aromatic carbocycles. The van der Waals surface area contributed by atoms with Crippen molar-refractivity contribution in [3.8, 4) is 6.07 Å². The summed E-state index contributed by atoms with van der Waals surface area (Å²) < 4.78 is 5.42. The van der Waals surface area contributed by atoms with Crippen molar-refractivity contribution in [3.63, 3.8) is 0 Å².